The number of amides is 2. The maximum atomic E-state index is 12.9. The Labute approximate surface area is 181 Å². The Morgan fingerprint density at radius 3 is 2.68 bits per heavy atom. The van der Waals surface area contributed by atoms with Crippen LogP contribution in [0.15, 0.2) is 54.9 Å². The Hall–Kier alpha value is -3.22. The van der Waals surface area contributed by atoms with Gasteiger partial charge in [-0.25, -0.2) is 0 Å². The van der Waals surface area contributed by atoms with Gasteiger partial charge in [-0.05, 0) is 48.9 Å². The predicted octanol–water partition coefficient (Wildman–Crippen LogP) is 2.43. The van der Waals surface area contributed by atoms with Gasteiger partial charge < -0.3 is 15.0 Å². The SMILES string of the molecule is O=C(CN1CCC[C@@H](CCc2ccncc2)C1=O)N[C@H]1CC(=O)O[C@@H]1c1ccccc1. The van der Waals surface area contributed by atoms with Crippen molar-refractivity contribution in [3.8, 4) is 0 Å². The molecule has 0 spiro atoms. The molecule has 7 heteroatoms. The highest BCUT2D eigenvalue weighted by Gasteiger charge is 2.37. The fourth-order valence-corrected chi connectivity index (χ4v) is 4.39. The molecule has 2 aliphatic rings. The first-order valence-electron chi connectivity index (χ1n) is 10.8. The van der Waals surface area contributed by atoms with Crippen LogP contribution >= 0.6 is 0 Å². The number of aryl methyl sites for hydroxylation is 1. The lowest BCUT2D eigenvalue weighted by Gasteiger charge is -2.32. The molecule has 2 saturated heterocycles. The quantitative estimate of drug-likeness (QED) is 0.694. The van der Waals surface area contributed by atoms with Crippen molar-refractivity contribution >= 4 is 17.8 Å². The van der Waals surface area contributed by atoms with Gasteiger partial charge in [0.2, 0.25) is 11.8 Å². The molecule has 1 aromatic heterocycles. The van der Waals surface area contributed by atoms with Gasteiger partial charge in [0.1, 0.15) is 6.10 Å². The second-order valence-electron chi connectivity index (χ2n) is 8.19. The monoisotopic (exact) mass is 421 g/mol. The van der Waals surface area contributed by atoms with Crippen LogP contribution in [0.1, 0.15) is 42.9 Å². The number of likely N-dealkylation sites (tertiary alicyclic amines) is 1. The van der Waals surface area contributed by atoms with Gasteiger partial charge in [0.25, 0.3) is 0 Å². The topological polar surface area (TPSA) is 88.6 Å². The molecule has 31 heavy (non-hydrogen) atoms. The van der Waals surface area contributed by atoms with Crippen LogP contribution in [0.3, 0.4) is 0 Å². The number of cyclic esters (lactones) is 1. The molecule has 162 valence electrons. The Morgan fingerprint density at radius 2 is 1.90 bits per heavy atom. The molecule has 0 bridgehead atoms. The number of nitrogens with one attached hydrogen (secondary N) is 1. The van der Waals surface area contributed by atoms with Crippen molar-refractivity contribution in [3.63, 3.8) is 0 Å². The number of rotatable bonds is 7. The van der Waals surface area contributed by atoms with Crippen LogP contribution in [-0.4, -0.2) is 46.8 Å². The summed E-state index contributed by atoms with van der Waals surface area (Å²) in [6.07, 6.45) is 6.47. The van der Waals surface area contributed by atoms with Crippen molar-refractivity contribution < 1.29 is 19.1 Å². The van der Waals surface area contributed by atoms with E-state index in [1.165, 1.54) is 0 Å². The summed E-state index contributed by atoms with van der Waals surface area (Å²) in [6, 6.07) is 12.9. The lowest BCUT2D eigenvalue weighted by atomic mass is 9.91. The van der Waals surface area contributed by atoms with Crippen molar-refractivity contribution in [2.24, 2.45) is 5.92 Å². The summed E-state index contributed by atoms with van der Waals surface area (Å²) in [7, 11) is 0. The van der Waals surface area contributed by atoms with E-state index in [2.05, 4.69) is 10.3 Å². The minimum Gasteiger partial charge on any atom is -0.455 e. The first kappa shape index (κ1) is 21.0. The van der Waals surface area contributed by atoms with Crippen LogP contribution in [0.25, 0.3) is 0 Å². The summed E-state index contributed by atoms with van der Waals surface area (Å²) in [4.78, 5) is 43.1. The molecule has 0 aliphatic carbocycles. The van der Waals surface area contributed by atoms with Crippen LogP contribution in [-0.2, 0) is 25.5 Å². The van der Waals surface area contributed by atoms with Crippen LogP contribution in [0.4, 0.5) is 0 Å². The maximum Gasteiger partial charge on any atom is 0.308 e. The number of pyridine rings is 1. The van der Waals surface area contributed by atoms with E-state index < -0.39 is 12.1 Å². The number of esters is 1. The minimum absolute atomic E-state index is 0.0107. The van der Waals surface area contributed by atoms with Crippen LogP contribution in [0.2, 0.25) is 0 Å². The molecule has 0 unspecified atom stereocenters. The van der Waals surface area contributed by atoms with Gasteiger partial charge in [0, 0.05) is 24.9 Å². The van der Waals surface area contributed by atoms with Gasteiger partial charge in [-0.1, -0.05) is 30.3 Å². The van der Waals surface area contributed by atoms with E-state index in [1.807, 2.05) is 42.5 Å². The second kappa shape index (κ2) is 9.73. The lowest BCUT2D eigenvalue weighted by Crippen LogP contribution is -2.48. The van der Waals surface area contributed by atoms with Gasteiger partial charge in [0.05, 0.1) is 19.0 Å². The highest BCUT2D eigenvalue weighted by molar-refractivity contribution is 5.87. The number of hydrogen-bond acceptors (Lipinski definition) is 5. The number of carbonyl (C=O) groups is 3. The Morgan fingerprint density at radius 1 is 1.13 bits per heavy atom. The van der Waals surface area contributed by atoms with E-state index in [0.29, 0.717) is 6.54 Å². The number of benzene rings is 1. The molecule has 2 aromatic rings. The van der Waals surface area contributed by atoms with E-state index in [-0.39, 0.29) is 36.7 Å². The molecule has 1 aromatic carbocycles. The number of ether oxygens (including phenoxy) is 1. The van der Waals surface area contributed by atoms with E-state index in [1.54, 1.807) is 17.3 Å². The molecular weight excluding hydrogens is 394 g/mol. The largest absolute Gasteiger partial charge is 0.455 e. The summed E-state index contributed by atoms with van der Waals surface area (Å²) < 4.78 is 5.42. The summed E-state index contributed by atoms with van der Waals surface area (Å²) in [6.45, 7) is 0.594. The second-order valence-corrected chi connectivity index (χ2v) is 8.19. The van der Waals surface area contributed by atoms with E-state index >= 15 is 0 Å². The van der Waals surface area contributed by atoms with E-state index in [0.717, 1.165) is 36.8 Å². The first-order chi connectivity index (χ1) is 15.1. The molecular formula is C24H27N3O4. The van der Waals surface area contributed by atoms with E-state index in [4.69, 9.17) is 4.74 Å². The molecule has 0 saturated carbocycles. The number of aromatic nitrogens is 1. The van der Waals surface area contributed by atoms with Crippen molar-refractivity contribution in [2.75, 3.05) is 13.1 Å². The average Bonchev–Trinajstić information content (AvgIpc) is 3.15. The molecule has 2 fully saturated rings. The first-order valence-corrected chi connectivity index (χ1v) is 10.8. The van der Waals surface area contributed by atoms with E-state index in [9.17, 15) is 14.4 Å². The number of piperidine rings is 1. The molecule has 4 rings (SSSR count). The summed E-state index contributed by atoms with van der Waals surface area (Å²) in [5.74, 6) is -0.617. The van der Waals surface area contributed by atoms with Crippen LogP contribution < -0.4 is 5.32 Å². The zero-order chi connectivity index (χ0) is 21.6. The van der Waals surface area contributed by atoms with Crippen molar-refractivity contribution in [1.29, 1.82) is 0 Å². The molecule has 1 N–H and O–H groups in total. The van der Waals surface area contributed by atoms with Gasteiger partial charge in [0.15, 0.2) is 0 Å². The van der Waals surface area contributed by atoms with Crippen molar-refractivity contribution in [2.45, 2.75) is 44.2 Å². The highest BCUT2D eigenvalue weighted by atomic mass is 16.6. The average molecular weight is 421 g/mol. The third-order valence-electron chi connectivity index (χ3n) is 5.99. The Kier molecular flexibility index (Phi) is 6.60. The van der Waals surface area contributed by atoms with Crippen LogP contribution in [0, 0.1) is 5.92 Å². The maximum absolute atomic E-state index is 12.9. The standard InChI is InChI=1S/C24H27N3O4/c28-21(26-20-15-22(29)31-23(20)18-5-2-1-3-6-18)16-27-14-4-7-19(24(27)30)9-8-17-10-12-25-13-11-17/h1-3,5-6,10-13,19-20,23H,4,7-9,14-16H2,(H,26,28)/t19-,20-,23+/m0/s1. The highest BCUT2D eigenvalue weighted by Crippen LogP contribution is 2.30. The van der Waals surface area contributed by atoms with Gasteiger partial charge in [-0.2, -0.15) is 0 Å². The molecule has 7 nitrogen and oxygen atoms in total. The summed E-state index contributed by atoms with van der Waals surface area (Å²) >= 11 is 0. The molecule has 2 aliphatic heterocycles. The van der Waals surface area contributed by atoms with Crippen LogP contribution in [0.5, 0.6) is 0 Å². The summed E-state index contributed by atoms with van der Waals surface area (Å²) in [5, 5.41) is 2.91. The third kappa shape index (κ3) is 5.29. The smallest absolute Gasteiger partial charge is 0.308 e. The molecule has 3 atom stereocenters. The Balaban J connectivity index is 1.32. The predicted molar refractivity (Wildman–Crippen MR) is 114 cm³/mol. The fraction of sp³-hybridized carbons (Fsp3) is 0.417. The molecule has 2 amide bonds. The van der Waals surface area contributed by atoms with Gasteiger partial charge >= 0.3 is 5.97 Å². The lowest BCUT2D eigenvalue weighted by molar-refractivity contribution is -0.142. The minimum atomic E-state index is -0.497. The zero-order valence-corrected chi connectivity index (χ0v) is 17.4. The molecule has 3 heterocycles. The summed E-state index contributed by atoms with van der Waals surface area (Å²) in [5.41, 5.74) is 2.01. The zero-order valence-electron chi connectivity index (χ0n) is 17.4. The van der Waals surface area contributed by atoms with Gasteiger partial charge in [-0.15, -0.1) is 0 Å². The number of nitrogens with zero attached hydrogens (tertiary/aromatic N) is 2. The third-order valence-corrected chi connectivity index (χ3v) is 5.99. The Bertz CT molecular complexity index is 919. The van der Waals surface area contributed by atoms with Gasteiger partial charge in [-0.3, -0.25) is 19.4 Å². The number of hydrogen-bond donors (Lipinski definition) is 1. The van der Waals surface area contributed by atoms with Crippen molar-refractivity contribution in [1.82, 2.24) is 15.2 Å². The fourth-order valence-electron chi connectivity index (χ4n) is 4.39. The normalized spacial score (nSPS) is 23.5. The molecule has 0 radical (unpaired) electrons. The number of carbonyl (C=O) groups excluding carboxylic acids is 3. The van der Waals surface area contributed by atoms with Crippen molar-refractivity contribution in [3.05, 3.63) is 66.0 Å².